The number of hydrogen-bond acceptors (Lipinski definition) is 3. The minimum atomic E-state index is -1.08. The molecule has 0 aromatic heterocycles. The number of rotatable bonds is 0. The van der Waals surface area contributed by atoms with E-state index in [1.165, 1.54) is 0 Å². The molecule has 0 unspecified atom stereocenters. The summed E-state index contributed by atoms with van der Waals surface area (Å²) in [6, 6.07) is 12.5. The van der Waals surface area contributed by atoms with Crippen LogP contribution in [-0.2, 0) is 32.5 Å². The van der Waals surface area contributed by atoms with Gasteiger partial charge in [-0.3, -0.25) is 0 Å². The molecule has 1 aromatic carbocycles. The fraction of sp³-hybridized carbons (Fsp3) is 0.125. The Hall–Kier alpha value is -0.415. The Morgan fingerprint density at radius 1 is 1.25 bits per heavy atom. The van der Waals surface area contributed by atoms with Crippen molar-refractivity contribution in [3.8, 4) is 0 Å². The number of carbonyl (C=O) groups excluding carboxylic acids is 1. The normalized spacial score (nSPS) is 6.08. The molecule has 0 aliphatic heterocycles. The zero-order valence-corrected chi connectivity index (χ0v) is 12.6. The van der Waals surface area contributed by atoms with E-state index in [2.05, 4.69) is 6.07 Å². The Kier molecular flexibility index (Phi) is 19.4. The van der Waals surface area contributed by atoms with Crippen molar-refractivity contribution in [3.05, 3.63) is 36.4 Å². The van der Waals surface area contributed by atoms with Crippen molar-refractivity contribution in [3.63, 3.8) is 0 Å². The second-order valence-corrected chi connectivity index (χ2v) is 1.57. The van der Waals surface area contributed by atoms with E-state index < -0.39 is 5.97 Å². The SMILES string of the molecule is CC(=O)[O-].N.[Hg+2].[c-]1ccccc1. The first kappa shape index (κ1) is 17.6. The maximum absolute atomic E-state index is 8.89. The maximum atomic E-state index is 8.89. The molecule has 0 amide bonds. The maximum Gasteiger partial charge on any atom is 2.00 e. The van der Waals surface area contributed by atoms with Gasteiger partial charge in [-0.1, -0.05) is 0 Å². The molecule has 0 aliphatic carbocycles. The molecule has 0 spiro atoms. The molecule has 3 N–H and O–H groups in total. The van der Waals surface area contributed by atoms with Gasteiger partial charge in [0.15, 0.2) is 0 Å². The van der Waals surface area contributed by atoms with Gasteiger partial charge in [-0.2, -0.15) is 36.4 Å². The minimum Gasteiger partial charge on any atom is -0.550 e. The largest absolute Gasteiger partial charge is 2.00 e. The van der Waals surface area contributed by atoms with Crippen LogP contribution in [0, 0.1) is 6.07 Å². The third-order valence-electron chi connectivity index (χ3n) is 0.607. The van der Waals surface area contributed by atoms with E-state index in [9.17, 15) is 0 Å². The van der Waals surface area contributed by atoms with Gasteiger partial charge in [0.2, 0.25) is 0 Å². The van der Waals surface area contributed by atoms with Crippen molar-refractivity contribution in [2.45, 2.75) is 6.92 Å². The first-order chi connectivity index (χ1) is 4.73. The summed E-state index contributed by atoms with van der Waals surface area (Å²) >= 11 is 0. The van der Waals surface area contributed by atoms with Crippen LogP contribution in [0.2, 0.25) is 0 Å². The quantitative estimate of drug-likeness (QED) is 0.542. The smallest absolute Gasteiger partial charge is 0.550 e. The van der Waals surface area contributed by atoms with Crippen LogP contribution >= 0.6 is 0 Å². The predicted molar refractivity (Wildman–Crippen MR) is 41.0 cm³/mol. The Bertz CT molecular complexity index is 149. The third kappa shape index (κ3) is 22.6. The van der Waals surface area contributed by atoms with Crippen LogP contribution in [-0.4, -0.2) is 5.97 Å². The molecule has 0 aliphatic rings. The van der Waals surface area contributed by atoms with Gasteiger partial charge in [0.1, 0.15) is 0 Å². The summed E-state index contributed by atoms with van der Waals surface area (Å²) in [6.07, 6.45) is 0. The molecule has 0 saturated carbocycles. The van der Waals surface area contributed by atoms with Crippen molar-refractivity contribution in [1.29, 1.82) is 0 Å². The number of benzene rings is 1. The average molecular weight is 354 g/mol. The minimum absolute atomic E-state index is 0. The van der Waals surface area contributed by atoms with Gasteiger partial charge in [-0.25, -0.2) is 0 Å². The van der Waals surface area contributed by atoms with Crippen molar-refractivity contribution in [1.82, 2.24) is 6.15 Å². The summed E-state index contributed by atoms with van der Waals surface area (Å²) in [5.41, 5.74) is 0. The second kappa shape index (κ2) is 13.2. The molecule has 4 heteroatoms. The third-order valence-corrected chi connectivity index (χ3v) is 0.607. The topological polar surface area (TPSA) is 75.1 Å². The van der Waals surface area contributed by atoms with Crippen molar-refractivity contribution >= 4 is 5.97 Å². The van der Waals surface area contributed by atoms with Gasteiger partial charge < -0.3 is 16.1 Å². The molecule has 3 nitrogen and oxygen atoms in total. The molecule has 0 fully saturated rings. The number of aliphatic carboxylic acids is 1. The monoisotopic (exact) mass is 355 g/mol. The van der Waals surface area contributed by atoms with Gasteiger partial charge in [0.25, 0.3) is 0 Å². The zero-order chi connectivity index (χ0) is 7.82. The van der Waals surface area contributed by atoms with Gasteiger partial charge in [-0.15, -0.1) is 0 Å². The number of carboxylic acid groups (broad SMARTS) is 1. The standard InChI is InChI=1S/C6H5.C2H4O2.Hg.H3N/c1-2-4-6-5-3-1;1-2(3)4;;/h1-5H;1H3,(H,3,4);;1H3/q-1;;+2;/p-1. The molecule has 0 heterocycles. The van der Waals surface area contributed by atoms with Crippen LogP contribution in [0.4, 0.5) is 0 Å². The van der Waals surface area contributed by atoms with E-state index >= 15 is 0 Å². The van der Waals surface area contributed by atoms with Crippen LogP contribution in [0.15, 0.2) is 30.3 Å². The molecule has 12 heavy (non-hydrogen) atoms. The van der Waals surface area contributed by atoms with Crippen LogP contribution in [0.1, 0.15) is 6.92 Å². The van der Waals surface area contributed by atoms with E-state index in [4.69, 9.17) is 9.90 Å². The Morgan fingerprint density at radius 3 is 1.67 bits per heavy atom. The van der Waals surface area contributed by atoms with E-state index in [-0.39, 0.29) is 33.8 Å². The van der Waals surface area contributed by atoms with E-state index in [1.807, 2.05) is 30.3 Å². The molecule has 0 radical (unpaired) electrons. The Labute approximate surface area is 92.9 Å². The molecule has 62 valence electrons. The fourth-order valence-corrected chi connectivity index (χ4v) is 0.342. The first-order valence-corrected chi connectivity index (χ1v) is 2.82. The summed E-state index contributed by atoms with van der Waals surface area (Å²) in [4.78, 5) is 8.89. The molecular formula is C8H11HgNO2. The number of carboxylic acids is 1. The molecule has 0 atom stereocenters. The van der Waals surface area contributed by atoms with Gasteiger partial charge >= 0.3 is 27.7 Å². The van der Waals surface area contributed by atoms with Crippen molar-refractivity contribution < 1.29 is 37.6 Å². The predicted octanol–water partition coefficient (Wildman–Crippen LogP) is 0.402. The van der Waals surface area contributed by atoms with Crippen LogP contribution < -0.4 is 11.3 Å². The van der Waals surface area contributed by atoms with E-state index in [0.717, 1.165) is 6.92 Å². The molecule has 0 saturated heterocycles. The van der Waals surface area contributed by atoms with Gasteiger partial charge in [-0.05, 0) is 6.92 Å². The number of hydrogen-bond donors (Lipinski definition) is 1. The Morgan fingerprint density at radius 2 is 1.58 bits per heavy atom. The first-order valence-electron chi connectivity index (χ1n) is 2.82. The molecule has 1 aromatic rings. The summed E-state index contributed by atoms with van der Waals surface area (Å²) < 4.78 is 0. The number of carbonyl (C=O) groups is 1. The van der Waals surface area contributed by atoms with Crippen LogP contribution in [0.3, 0.4) is 0 Å². The van der Waals surface area contributed by atoms with Gasteiger partial charge in [0, 0.05) is 5.97 Å². The Balaban J connectivity index is -0.000000124. The van der Waals surface area contributed by atoms with Crippen LogP contribution in [0.5, 0.6) is 0 Å². The molecule has 1 rings (SSSR count). The van der Waals surface area contributed by atoms with Gasteiger partial charge in [0.05, 0.1) is 0 Å². The molecule has 0 bridgehead atoms. The van der Waals surface area contributed by atoms with Crippen molar-refractivity contribution in [2.24, 2.45) is 0 Å². The summed E-state index contributed by atoms with van der Waals surface area (Å²) in [7, 11) is 0. The summed E-state index contributed by atoms with van der Waals surface area (Å²) in [6.45, 7) is 0.972. The summed E-state index contributed by atoms with van der Waals surface area (Å²) in [5.74, 6) is -1.08. The summed E-state index contributed by atoms with van der Waals surface area (Å²) in [5, 5.41) is 8.89. The molecular weight excluding hydrogens is 343 g/mol. The van der Waals surface area contributed by atoms with E-state index in [0.29, 0.717) is 0 Å². The fourth-order valence-electron chi connectivity index (χ4n) is 0.342. The van der Waals surface area contributed by atoms with Crippen LogP contribution in [0.25, 0.3) is 0 Å². The van der Waals surface area contributed by atoms with E-state index in [1.54, 1.807) is 0 Å². The zero-order valence-electron chi connectivity index (χ0n) is 7.12. The average Bonchev–Trinajstić information content (AvgIpc) is 1.90. The second-order valence-electron chi connectivity index (χ2n) is 1.57. The van der Waals surface area contributed by atoms with Crippen molar-refractivity contribution in [2.75, 3.05) is 0 Å².